The van der Waals surface area contributed by atoms with Crippen molar-refractivity contribution in [3.8, 4) is 0 Å². The van der Waals surface area contributed by atoms with Crippen LogP contribution in [0.2, 0.25) is 0 Å². The fourth-order valence-electron chi connectivity index (χ4n) is 1.53. The number of hydrogen-bond acceptors (Lipinski definition) is 6. The van der Waals surface area contributed by atoms with E-state index in [0.717, 1.165) is 0 Å². The Kier molecular flexibility index (Phi) is 3.40. The van der Waals surface area contributed by atoms with Crippen LogP contribution in [0.3, 0.4) is 0 Å². The number of sulfonamides is 1. The first-order valence-electron chi connectivity index (χ1n) is 5.38. The van der Waals surface area contributed by atoms with E-state index in [9.17, 15) is 8.42 Å². The zero-order chi connectivity index (χ0) is 14.0. The molecule has 0 radical (unpaired) electrons. The molecule has 19 heavy (non-hydrogen) atoms. The Bertz CT molecular complexity index is 677. The van der Waals surface area contributed by atoms with E-state index >= 15 is 0 Å². The summed E-state index contributed by atoms with van der Waals surface area (Å²) >= 11 is 0. The molecule has 102 valence electrons. The molecule has 0 spiro atoms. The van der Waals surface area contributed by atoms with Crippen molar-refractivity contribution in [1.29, 1.82) is 0 Å². The van der Waals surface area contributed by atoms with Gasteiger partial charge in [0.05, 0.1) is 11.4 Å². The lowest BCUT2D eigenvalue weighted by molar-refractivity contribution is 0.601. The second-order valence-electron chi connectivity index (χ2n) is 3.93. The topological polar surface area (TPSA) is 115 Å². The normalized spacial score (nSPS) is 11.3. The standard InChI is InChI=1S/C10H14N6O2S/c1-7-9(6-16(2)14-7)15-19(17,18)8-3-4-10(13-11)12-5-8/h3-6,15H,11H2,1-2H3,(H,12,13). The molecule has 0 aliphatic rings. The summed E-state index contributed by atoms with van der Waals surface area (Å²) in [5.41, 5.74) is 3.36. The van der Waals surface area contributed by atoms with E-state index < -0.39 is 10.0 Å². The van der Waals surface area contributed by atoms with Gasteiger partial charge in [-0.2, -0.15) is 5.10 Å². The number of nitrogens with zero attached hydrogens (tertiary/aromatic N) is 3. The largest absolute Gasteiger partial charge is 0.308 e. The molecular formula is C10H14N6O2S. The highest BCUT2D eigenvalue weighted by Crippen LogP contribution is 2.18. The SMILES string of the molecule is Cc1nn(C)cc1NS(=O)(=O)c1ccc(NN)nc1. The molecule has 9 heteroatoms. The average Bonchev–Trinajstić information content (AvgIpc) is 2.67. The molecule has 0 atom stereocenters. The molecule has 2 aromatic heterocycles. The molecule has 2 aromatic rings. The second-order valence-corrected chi connectivity index (χ2v) is 5.61. The van der Waals surface area contributed by atoms with Crippen LogP contribution in [-0.2, 0) is 17.1 Å². The van der Waals surface area contributed by atoms with Crippen molar-refractivity contribution in [1.82, 2.24) is 14.8 Å². The summed E-state index contributed by atoms with van der Waals surface area (Å²) in [6.45, 7) is 1.72. The van der Waals surface area contributed by atoms with Gasteiger partial charge < -0.3 is 5.43 Å². The van der Waals surface area contributed by atoms with Crippen molar-refractivity contribution in [2.45, 2.75) is 11.8 Å². The third-order valence-electron chi connectivity index (χ3n) is 2.45. The summed E-state index contributed by atoms with van der Waals surface area (Å²) in [5, 5.41) is 4.06. The van der Waals surface area contributed by atoms with E-state index in [1.54, 1.807) is 20.2 Å². The Balaban J connectivity index is 2.29. The van der Waals surface area contributed by atoms with Crippen molar-refractivity contribution in [2.24, 2.45) is 12.9 Å². The lowest BCUT2D eigenvalue weighted by atomic mass is 10.4. The highest BCUT2D eigenvalue weighted by molar-refractivity contribution is 7.92. The van der Waals surface area contributed by atoms with Gasteiger partial charge in [0.1, 0.15) is 10.7 Å². The number of nitrogen functional groups attached to an aromatic ring is 1. The van der Waals surface area contributed by atoms with Crippen LogP contribution in [-0.4, -0.2) is 23.2 Å². The zero-order valence-electron chi connectivity index (χ0n) is 10.5. The van der Waals surface area contributed by atoms with Crippen molar-refractivity contribution in [3.63, 3.8) is 0 Å². The lowest BCUT2D eigenvalue weighted by Gasteiger charge is -2.07. The molecule has 0 aromatic carbocycles. The van der Waals surface area contributed by atoms with Gasteiger partial charge in [0.2, 0.25) is 0 Å². The van der Waals surface area contributed by atoms with Crippen LogP contribution < -0.4 is 16.0 Å². The predicted octanol–water partition coefficient (Wildman–Crippen LogP) is 0.210. The minimum absolute atomic E-state index is 0.0507. The van der Waals surface area contributed by atoms with Crippen LogP contribution in [0.25, 0.3) is 0 Å². The van der Waals surface area contributed by atoms with E-state index in [2.05, 4.69) is 20.2 Å². The van der Waals surface area contributed by atoms with E-state index in [1.807, 2.05) is 0 Å². The van der Waals surface area contributed by atoms with E-state index in [-0.39, 0.29) is 4.90 Å². The molecule has 2 rings (SSSR count). The minimum atomic E-state index is -3.68. The molecule has 0 unspecified atom stereocenters. The first kappa shape index (κ1) is 13.3. The highest BCUT2D eigenvalue weighted by Gasteiger charge is 2.17. The van der Waals surface area contributed by atoms with Crippen LogP contribution in [0.5, 0.6) is 0 Å². The molecule has 8 nitrogen and oxygen atoms in total. The fraction of sp³-hybridized carbons (Fsp3) is 0.200. The number of pyridine rings is 1. The molecule has 0 aliphatic heterocycles. The van der Waals surface area contributed by atoms with Crippen molar-refractivity contribution in [2.75, 3.05) is 10.1 Å². The summed E-state index contributed by atoms with van der Waals surface area (Å²) in [6, 6.07) is 2.89. The molecule has 4 N–H and O–H groups in total. The Hall–Kier alpha value is -2.13. The molecule has 2 heterocycles. The van der Waals surface area contributed by atoms with Crippen molar-refractivity contribution < 1.29 is 8.42 Å². The van der Waals surface area contributed by atoms with Crippen LogP contribution in [0.15, 0.2) is 29.4 Å². The summed E-state index contributed by atoms with van der Waals surface area (Å²) < 4.78 is 28.2. The summed E-state index contributed by atoms with van der Waals surface area (Å²) in [6.07, 6.45) is 2.82. The minimum Gasteiger partial charge on any atom is -0.308 e. The van der Waals surface area contributed by atoms with Crippen LogP contribution in [0.4, 0.5) is 11.5 Å². The Labute approximate surface area is 110 Å². The van der Waals surface area contributed by atoms with Gasteiger partial charge in [-0.1, -0.05) is 0 Å². The third kappa shape index (κ3) is 2.83. The lowest BCUT2D eigenvalue weighted by Crippen LogP contribution is -2.14. The van der Waals surface area contributed by atoms with Gasteiger partial charge in [0.15, 0.2) is 0 Å². The van der Waals surface area contributed by atoms with Crippen LogP contribution in [0.1, 0.15) is 5.69 Å². The van der Waals surface area contributed by atoms with Gasteiger partial charge in [-0.15, -0.1) is 0 Å². The number of hydrazine groups is 1. The Morgan fingerprint density at radius 1 is 1.37 bits per heavy atom. The van der Waals surface area contributed by atoms with E-state index in [4.69, 9.17) is 5.84 Å². The molecule has 0 saturated carbocycles. The summed E-state index contributed by atoms with van der Waals surface area (Å²) in [4.78, 5) is 3.91. The smallest absolute Gasteiger partial charge is 0.263 e. The maximum absolute atomic E-state index is 12.1. The van der Waals surface area contributed by atoms with Gasteiger partial charge in [0.25, 0.3) is 10.0 Å². The maximum atomic E-state index is 12.1. The van der Waals surface area contributed by atoms with Crippen molar-refractivity contribution >= 4 is 21.5 Å². The molecule has 0 bridgehead atoms. The number of aryl methyl sites for hydroxylation is 2. The highest BCUT2D eigenvalue weighted by atomic mass is 32.2. The number of anilines is 2. The average molecular weight is 282 g/mol. The Morgan fingerprint density at radius 2 is 2.11 bits per heavy atom. The van der Waals surface area contributed by atoms with Gasteiger partial charge in [-0.05, 0) is 19.1 Å². The van der Waals surface area contributed by atoms with E-state index in [1.165, 1.54) is 23.0 Å². The van der Waals surface area contributed by atoms with E-state index in [0.29, 0.717) is 17.2 Å². The van der Waals surface area contributed by atoms with Gasteiger partial charge in [0, 0.05) is 19.4 Å². The van der Waals surface area contributed by atoms with Gasteiger partial charge in [-0.3, -0.25) is 9.40 Å². The molecule has 0 saturated heterocycles. The number of nitrogens with two attached hydrogens (primary N) is 1. The van der Waals surface area contributed by atoms with Gasteiger partial charge in [-0.25, -0.2) is 19.2 Å². The van der Waals surface area contributed by atoms with Crippen molar-refractivity contribution in [3.05, 3.63) is 30.2 Å². The second kappa shape index (κ2) is 4.86. The molecule has 0 aliphatic carbocycles. The molecule has 0 fully saturated rings. The first-order valence-corrected chi connectivity index (χ1v) is 6.86. The number of aromatic nitrogens is 3. The first-order chi connectivity index (χ1) is 8.92. The van der Waals surface area contributed by atoms with Crippen LogP contribution >= 0.6 is 0 Å². The quantitative estimate of drug-likeness (QED) is 0.545. The summed E-state index contributed by atoms with van der Waals surface area (Å²) in [5.74, 6) is 5.55. The number of rotatable bonds is 4. The van der Waals surface area contributed by atoms with Crippen LogP contribution in [0, 0.1) is 6.92 Å². The monoisotopic (exact) mass is 282 g/mol. The fourth-order valence-corrected chi connectivity index (χ4v) is 2.57. The molecule has 0 amide bonds. The third-order valence-corrected chi connectivity index (χ3v) is 3.80. The maximum Gasteiger partial charge on any atom is 0.263 e. The summed E-state index contributed by atoms with van der Waals surface area (Å²) in [7, 11) is -1.97. The zero-order valence-corrected chi connectivity index (χ0v) is 11.3. The van der Waals surface area contributed by atoms with Gasteiger partial charge >= 0.3 is 0 Å². The molecular weight excluding hydrogens is 268 g/mol. The number of hydrogen-bond donors (Lipinski definition) is 3. The Morgan fingerprint density at radius 3 is 2.58 bits per heavy atom. The predicted molar refractivity (Wildman–Crippen MR) is 70.8 cm³/mol. The number of nitrogens with one attached hydrogen (secondary N) is 2.